The molecule has 0 saturated carbocycles. The summed E-state index contributed by atoms with van der Waals surface area (Å²) in [6.45, 7) is 5.92. The summed E-state index contributed by atoms with van der Waals surface area (Å²) in [7, 11) is -3.46. The van der Waals surface area contributed by atoms with Crippen molar-refractivity contribution in [1.82, 2.24) is 14.9 Å². The zero-order chi connectivity index (χ0) is 12.9. The summed E-state index contributed by atoms with van der Waals surface area (Å²) in [5.74, 6) is -0.865. The van der Waals surface area contributed by atoms with Gasteiger partial charge in [0.2, 0.25) is 15.9 Å². The third-order valence-electron chi connectivity index (χ3n) is 2.84. The average molecular weight is 263 g/mol. The molecule has 6 nitrogen and oxygen atoms in total. The van der Waals surface area contributed by atoms with Crippen LogP contribution in [0.2, 0.25) is 0 Å². The van der Waals surface area contributed by atoms with Gasteiger partial charge in [-0.3, -0.25) is 4.79 Å². The second kappa shape index (κ2) is 6.32. The fraction of sp³-hybridized carbons (Fsp3) is 0.900. The van der Waals surface area contributed by atoms with Crippen LogP contribution in [0.5, 0.6) is 0 Å². The van der Waals surface area contributed by atoms with E-state index in [-0.39, 0.29) is 6.04 Å². The summed E-state index contributed by atoms with van der Waals surface area (Å²) in [5, 5.41) is 5.84. The van der Waals surface area contributed by atoms with E-state index < -0.39 is 21.7 Å². The van der Waals surface area contributed by atoms with Crippen molar-refractivity contribution in [3.05, 3.63) is 0 Å². The van der Waals surface area contributed by atoms with Gasteiger partial charge in [-0.05, 0) is 13.0 Å². The molecule has 0 aromatic rings. The van der Waals surface area contributed by atoms with E-state index in [9.17, 15) is 13.2 Å². The lowest BCUT2D eigenvalue weighted by molar-refractivity contribution is -0.119. The Morgan fingerprint density at radius 2 is 2.06 bits per heavy atom. The van der Waals surface area contributed by atoms with Gasteiger partial charge in [-0.1, -0.05) is 13.8 Å². The van der Waals surface area contributed by atoms with Gasteiger partial charge in [-0.2, -0.15) is 0 Å². The molecule has 1 aliphatic heterocycles. The third-order valence-corrected chi connectivity index (χ3v) is 4.77. The molecule has 1 saturated heterocycles. The summed E-state index contributed by atoms with van der Waals surface area (Å²) < 4.78 is 25.0. The first kappa shape index (κ1) is 14.4. The van der Waals surface area contributed by atoms with Crippen molar-refractivity contribution in [3.8, 4) is 0 Å². The maximum atomic E-state index is 11.8. The molecule has 0 radical (unpaired) electrons. The quantitative estimate of drug-likeness (QED) is 0.653. The Morgan fingerprint density at radius 1 is 1.41 bits per heavy atom. The van der Waals surface area contributed by atoms with Crippen LogP contribution in [0.3, 0.4) is 0 Å². The smallest absolute Gasteiger partial charge is 0.236 e. The van der Waals surface area contributed by atoms with E-state index in [1.807, 2.05) is 0 Å². The van der Waals surface area contributed by atoms with E-state index >= 15 is 0 Å². The van der Waals surface area contributed by atoms with Gasteiger partial charge in [0, 0.05) is 25.7 Å². The number of hydrogen-bond acceptors (Lipinski definition) is 4. The Kier molecular flexibility index (Phi) is 5.35. The maximum Gasteiger partial charge on any atom is 0.236 e. The minimum atomic E-state index is -3.46. The van der Waals surface area contributed by atoms with Gasteiger partial charge >= 0.3 is 0 Å². The number of amides is 1. The summed E-state index contributed by atoms with van der Waals surface area (Å²) in [6.07, 6.45) is 0.858. The summed E-state index contributed by atoms with van der Waals surface area (Å²) >= 11 is 0. The molecule has 0 aromatic heterocycles. The lowest BCUT2D eigenvalue weighted by atomic mass is 10.3. The van der Waals surface area contributed by atoms with Crippen molar-refractivity contribution >= 4 is 15.9 Å². The fourth-order valence-corrected chi connectivity index (χ4v) is 3.31. The first-order chi connectivity index (χ1) is 7.99. The summed E-state index contributed by atoms with van der Waals surface area (Å²) in [6, 6.07) is 0.0643. The van der Waals surface area contributed by atoms with Crippen molar-refractivity contribution in [1.29, 1.82) is 0 Å². The molecule has 1 fully saturated rings. The van der Waals surface area contributed by atoms with E-state index in [0.29, 0.717) is 13.1 Å². The monoisotopic (exact) mass is 263 g/mol. The van der Waals surface area contributed by atoms with E-state index in [2.05, 4.69) is 10.6 Å². The van der Waals surface area contributed by atoms with Gasteiger partial charge in [0.15, 0.2) is 0 Å². The molecule has 17 heavy (non-hydrogen) atoms. The maximum absolute atomic E-state index is 11.8. The van der Waals surface area contributed by atoms with Gasteiger partial charge in [0.25, 0.3) is 0 Å². The standard InChI is InChI=1S/C10H21N3O3S/c1-3-13(4-2)17(15,16)8-10(14)12-9-5-6-11-7-9/h9,11H,3-8H2,1-2H3,(H,12,14). The van der Waals surface area contributed by atoms with Crippen molar-refractivity contribution in [3.63, 3.8) is 0 Å². The highest BCUT2D eigenvalue weighted by atomic mass is 32.2. The van der Waals surface area contributed by atoms with Crippen LogP contribution in [0.4, 0.5) is 0 Å². The predicted molar refractivity (Wildman–Crippen MR) is 66.1 cm³/mol. The second-order valence-electron chi connectivity index (χ2n) is 4.10. The highest BCUT2D eigenvalue weighted by molar-refractivity contribution is 7.89. The number of nitrogens with one attached hydrogen (secondary N) is 2. The molecule has 0 aliphatic carbocycles. The number of carbonyl (C=O) groups excluding carboxylic acids is 1. The normalized spacial score (nSPS) is 20.8. The minimum Gasteiger partial charge on any atom is -0.351 e. The Balaban J connectivity index is 2.48. The largest absolute Gasteiger partial charge is 0.351 e. The van der Waals surface area contributed by atoms with E-state index in [1.54, 1.807) is 13.8 Å². The number of carbonyl (C=O) groups is 1. The summed E-state index contributed by atoms with van der Waals surface area (Å²) in [5.41, 5.74) is 0. The molecular formula is C10H21N3O3S. The molecule has 1 aliphatic rings. The van der Waals surface area contributed by atoms with Gasteiger partial charge in [0.1, 0.15) is 5.75 Å². The summed E-state index contributed by atoms with van der Waals surface area (Å²) in [4.78, 5) is 11.6. The van der Waals surface area contributed by atoms with Crippen LogP contribution < -0.4 is 10.6 Å². The molecule has 1 heterocycles. The average Bonchev–Trinajstić information content (AvgIpc) is 2.70. The first-order valence-corrected chi connectivity index (χ1v) is 7.58. The Morgan fingerprint density at radius 3 is 2.53 bits per heavy atom. The Labute approximate surface area is 103 Å². The van der Waals surface area contributed by atoms with Crippen LogP contribution in [0.25, 0.3) is 0 Å². The van der Waals surface area contributed by atoms with Crippen molar-refractivity contribution in [2.24, 2.45) is 0 Å². The number of hydrogen-bond donors (Lipinski definition) is 2. The van der Waals surface area contributed by atoms with Gasteiger partial charge < -0.3 is 10.6 Å². The SMILES string of the molecule is CCN(CC)S(=O)(=O)CC(=O)NC1CCNC1. The highest BCUT2D eigenvalue weighted by Gasteiger charge is 2.24. The predicted octanol–water partition coefficient (Wildman–Crippen LogP) is -0.864. The van der Waals surface area contributed by atoms with Crippen LogP contribution in [0.1, 0.15) is 20.3 Å². The molecule has 0 aromatic carbocycles. The highest BCUT2D eigenvalue weighted by Crippen LogP contribution is 2.02. The Hall–Kier alpha value is -0.660. The van der Waals surface area contributed by atoms with E-state index in [1.165, 1.54) is 4.31 Å². The number of nitrogens with zero attached hydrogens (tertiary/aromatic N) is 1. The minimum absolute atomic E-state index is 0.0643. The molecule has 100 valence electrons. The molecule has 1 atom stereocenters. The fourth-order valence-electron chi connectivity index (χ4n) is 1.92. The molecular weight excluding hydrogens is 242 g/mol. The van der Waals surface area contributed by atoms with Crippen LogP contribution >= 0.6 is 0 Å². The van der Waals surface area contributed by atoms with Gasteiger partial charge in [-0.25, -0.2) is 12.7 Å². The molecule has 1 amide bonds. The van der Waals surface area contributed by atoms with E-state index in [4.69, 9.17) is 0 Å². The molecule has 0 spiro atoms. The van der Waals surface area contributed by atoms with Crippen molar-refractivity contribution in [2.75, 3.05) is 31.9 Å². The zero-order valence-electron chi connectivity index (χ0n) is 10.4. The molecule has 2 N–H and O–H groups in total. The van der Waals surface area contributed by atoms with Crippen molar-refractivity contribution < 1.29 is 13.2 Å². The van der Waals surface area contributed by atoms with Crippen LogP contribution in [-0.2, 0) is 14.8 Å². The van der Waals surface area contributed by atoms with Gasteiger partial charge in [-0.15, -0.1) is 0 Å². The molecule has 1 rings (SSSR count). The topological polar surface area (TPSA) is 78.5 Å². The molecule has 0 bridgehead atoms. The number of sulfonamides is 1. The van der Waals surface area contributed by atoms with Crippen LogP contribution in [0, 0.1) is 0 Å². The van der Waals surface area contributed by atoms with E-state index in [0.717, 1.165) is 19.5 Å². The number of rotatable bonds is 6. The lowest BCUT2D eigenvalue weighted by Crippen LogP contribution is -2.43. The van der Waals surface area contributed by atoms with Crippen LogP contribution in [0.15, 0.2) is 0 Å². The van der Waals surface area contributed by atoms with Crippen molar-refractivity contribution in [2.45, 2.75) is 26.3 Å². The zero-order valence-corrected chi connectivity index (χ0v) is 11.2. The molecule has 1 unspecified atom stereocenters. The Bertz CT molecular complexity index is 346. The molecule has 7 heteroatoms. The lowest BCUT2D eigenvalue weighted by Gasteiger charge is -2.19. The van der Waals surface area contributed by atoms with Gasteiger partial charge in [0.05, 0.1) is 0 Å². The first-order valence-electron chi connectivity index (χ1n) is 5.97. The second-order valence-corrected chi connectivity index (χ2v) is 6.07. The third kappa shape index (κ3) is 4.25. The van der Waals surface area contributed by atoms with Crippen LogP contribution in [-0.4, -0.2) is 56.6 Å².